The number of nitrogens with zero attached hydrogens (tertiary/aromatic N) is 3. The lowest BCUT2D eigenvalue weighted by Gasteiger charge is -2.34. The second-order valence-electron chi connectivity index (χ2n) is 6.58. The van der Waals surface area contributed by atoms with Crippen LogP contribution in [0.3, 0.4) is 0 Å². The number of hydrogen-bond acceptors (Lipinski definition) is 5. The molecular weight excluding hydrogens is 292 g/mol. The van der Waals surface area contributed by atoms with Crippen molar-refractivity contribution in [3.63, 3.8) is 0 Å². The summed E-state index contributed by atoms with van der Waals surface area (Å²) < 4.78 is 5.34. The van der Waals surface area contributed by atoms with Gasteiger partial charge in [-0.15, -0.1) is 0 Å². The minimum atomic E-state index is 0.118. The first-order chi connectivity index (χ1) is 11.1. The van der Waals surface area contributed by atoms with Crippen LogP contribution < -0.4 is 10.2 Å². The van der Waals surface area contributed by atoms with Crippen molar-refractivity contribution in [3.8, 4) is 0 Å². The lowest BCUT2D eigenvalue weighted by atomic mass is 9.95. The summed E-state index contributed by atoms with van der Waals surface area (Å²) in [6, 6.07) is 0.291. The molecule has 1 amide bonds. The van der Waals surface area contributed by atoms with Gasteiger partial charge in [0.05, 0.1) is 11.4 Å². The van der Waals surface area contributed by atoms with Crippen LogP contribution in [0.4, 0.5) is 5.82 Å². The Kier molecular flexibility index (Phi) is 5.10. The average Bonchev–Trinajstić information content (AvgIpc) is 2.58. The number of amides is 1. The number of anilines is 1. The summed E-state index contributed by atoms with van der Waals surface area (Å²) in [5, 5.41) is 3.20. The second-order valence-corrected chi connectivity index (χ2v) is 6.58. The number of rotatable bonds is 3. The van der Waals surface area contributed by atoms with E-state index in [1.165, 1.54) is 0 Å². The van der Waals surface area contributed by atoms with Gasteiger partial charge in [-0.3, -0.25) is 9.78 Å². The Labute approximate surface area is 137 Å². The first kappa shape index (κ1) is 16.2. The highest BCUT2D eigenvalue weighted by atomic mass is 16.5. The standard InChI is InChI=1S/C17H26N4O2/c1-12-11-18-13(2)16(19-12)21-7-3-14(4-8-21)17(22)20-15-5-9-23-10-6-15/h11,14-15H,3-10H2,1-2H3,(H,20,22). The molecule has 6 nitrogen and oxygen atoms in total. The van der Waals surface area contributed by atoms with Gasteiger partial charge in [0.25, 0.3) is 0 Å². The number of aromatic nitrogens is 2. The summed E-state index contributed by atoms with van der Waals surface area (Å²) in [6.45, 7) is 7.20. The number of ether oxygens (including phenoxy) is 1. The van der Waals surface area contributed by atoms with E-state index in [2.05, 4.69) is 20.2 Å². The monoisotopic (exact) mass is 318 g/mol. The van der Waals surface area contributed by atoms with E-state index in [4.69, 9.17) is 4.74 Å². The van der Waals surface area contributed by atoms with Gasteiger partial charge in [0.2, 0.25) is 5.91 Å². The highest BCUT2D eigenvalue weighted by molar-refractivity contribution is 5.79. The summed E-state index contributed by atoms with van der Waals surface area (Å²) in [7, 11) is 0. The van der Waals surface area contributed by atoms with Crippen molar-refractivity contribution in [3.05, 3.63) is 17.6 Å². The molecule has 0 unspecified atom stereocenters. The molecule has 0 aromatic carbocycles. The van der Waals surface area contributed by atoms with Gasteiger partial charge in [0.15, 0.2) is 0 Å². The van der Waals surface area contributed by atoms with Gasteiger partial charge < -0.3 is 15.0 Å². The molecular formula is C17H26N4O2. The van der Waals surface area contributed by atoms with E-state index in [1.54, 1.807) is 6.20 Å². The molecule has 1 aromatic heterocycles. The molecule has 1 N–H and O–H groups in total. The van der Waals surface area contributed by atoms with Gasteiger partial charge in [-0.1, -0.05) is 0 Å². The molecule has 0 atom stereocenters. The van der Waals surface area contributed by atoms with Crippen LogP contribution in [0, 0.1) is 19.8 Å². The Hall–Kier alpha value is -1.69. The van der Waals surface area contributed by atoms with Crippen LogP contribution in [-0.4, -0.2) is 48.2 Å². The number of carbonyl (C=O) groups excluding carboxylic acids is 1. The van der Waals surface area contributed by atoms with Gasteiger partial charge in [-0.25, -0.2) is 4.98 Å². The fourth-order valence-electron chi connectivity index (χ4n) is 3.34. The van der Waals surface area contributed by atoms with Crippen molar-refractivity contribution >= 4 is 11.7 Å². The first-order valence-corrected chi connectivity index (χ1v) is 8.57. The molecule has 2 aliphatic heterocycles. The van der Waals surface area contributed by atoms with Crippen LogP contribution in [0.5, 0.6) is 0 Å². The van der Waals surface area contributed by atoms with Crippen molar-refractivity contribution in [1.82, 2.24) is 15.3 Å². The topological polar surface area (TPSA) is 67.4 Å². The first-order valence-electron chi connectivity index (χ1n) is 8.57. The van der Waals surface area contributed by atoms with Gasteiger partial charge in [-0.2, -0.15) is 0 Å². The van der Waals surface area contributed by atoms with Gasteiger partial charge in [-0.05, 0) is 39.5 Å². The second kappa shape index (κ2) is 7.25. The smallest absolute Gasteiger partial charge is 0.223 e. The third-order valence-corrected chi connectivity index (χ3v) is 4.78. The minimum Gasteiger partial charge on any atom is -0.381 e. The lowest BCUT2D eigenvalue weighted by Crippen LogP contribution is -2.45. The predicted octanol–water partition coefficient (Wildman–Crippen LogP) is 1.61. The van der Waals surface area contributed by atoms with E-state index in [0.29, 0.717) is 6.04 Å². The maximum absolute atomic E-state index is 12.4. The molecule has 0 saturated carbocycles. The molecule has 3 heterocycles. The van der Waals surface area contributed by atoms with Crippen LogP contribution in [0.2, 0.25) is 0 Å². The summed E-state index contributed by atoms with van der Waals surface area (Å²) in [6.07, 6.45) is 5.42. The molecule has 0 spiro atoms. The fourth-order valence-corrected chi connectivity index (χ4v) is 3.34. The maximum Gasteiger partial charge on any atom is 0.223 e. The number of carbonyl (C=O) groups is 1. The molecule has 126 valence electrons. The SMILES string of the molecule is Cc1cnc(C)c(N2CCC(C(=O)NC3CCOCC3)CC2)n1. The third-order valence-electron chi connectivity index (χ3n) is 4.78. The molecule has 1 aromatic rings. The average molecular weight is 318 g/mol. The van der Waals surface area contributed by atoms with Crippen molar-refractivity contribution in [2.24, 2.45) is 5.92 Å². The molecule has 2 fully saturated rings. The maximum atomic E-state index is 12.4. The molecule has 2 aliphatic rings. The van der Waals surface area contributed by atoms with Crippen LogP contribution in [0.25, 0.3) is 0 Å². The minimum absolute atomic E-state index is 0.118. The Morgan fingerprint density at radius 1 is 1.22 bits per heavy atom. The quantitative estimate of drug-likeness (QED) is 0.917. The van der Waals surface area contributed by atoms with Crippen molar-refractivity contribution < 1.29 is 9.53 Å². The summed E-state index contributed by atoms with van der Waals surface area (Å²) in [4.78, 5) is 23.7. The van der Waals surface area contributed by atoms with E-state index in [-0.39, 0.29) is 11.8 Å². The Morgan fingerprint density at radius 3 is 2.61 bits per heavy atom. The third kappa shape index (κ3) is 3.99. The van der Waals surface area contributed by atoms with Crippen LogP contribution in [0.1, 0.15) is 37.1 Å². The molecule has 23 heavy (non-hydrogen) atoms. The van der Waals surface area contributed by atoms with Gasteiger partial charge in [0, 0.05) is 44.5 Å². The van der Waals surface area contributed by atoms with Crippen molar-refractivity contribution in [2.45, 2.75) is 45.6 Å². The normalized spacial score (nSPS) is 20.5. The number of hydrogen-bond donors (Lipinski definition) is 1. The van der Waals surface area contributed by atoms with Crippen molar-refractivity contribution in [2.75, 3.05) is 31.2 Å². The largest absolute Gasteiger partial charge is 0.381 e. The Balaban J connectivity index is 1.53. The highest BCUT2D eigenvalue weighted by Gasteiger charge is 2.28. The molecule has 6 heteroatoms. The fraction of sp³-hybridized carbons (Fsp3) is 0.706. The predicted molar refractivity (Wildman–Crippen MR) is 88.4 cm³/mol. The zero-order valence-electron chi connectivity index (χ0n) is 14.0. The van der Waals surface area contributed by atoms with Crippen LogP contribution in [0.15, 0.2) is 6.20 Å². The van der Waals surface area contributed by atoms with E-state index >= 15 is 0 Å². The van der Waals surface area contributed by atoms with E-state index in [9.17, 15) is 4.79 Å². The summed E-state index contributed by atoms with van der Waals surface area (Å²) in [5.41, 5.74) is 1.89. The number of aryl methyl sites for hydroxylation is 2. The van der Waals surface area contributed by atoms with E-state index in [1.807, 2.05) is 13.8 Å². The van der Waals surface area contributed by atoms with Crippen molar-refractivity contribution in [1.29, 1.82) is 0 Å². The van der Waals surface area contributed by atoms with E-state index < -0.39 is 0 Å². The zero-order valence-corrected chi connectivity index (χ0v) is 14.0. The highest BCUT2D eigenvalue weighted by Crippen LogP contribution is 2.24. The molecule has 0 aliphatic carbocycles. The molecule has 3 rings (SSSR count). The van der Waals surface area contributed by atoms with Crippen LogP contribution in [-0.2, 0) is 9.53 Å². The summed E-state index contributed by atoms with van der Waals surface area (Å²) >= 11 is 0. The van der Waals surface area contributed by atoms with E-state index in [0.717, 1.165) is 69.2 Å². The molecule has 0 bridgehead atoms. The van der Waals surface area contributed by atoms with Crippen LogP contribution >= 0.6 is 0 Å². The number of nitrogens with one attached hydrogen (secondary N) is 1. The number of piperidine rings is 1. The molecule has 0 radical (unpaired) electrons. The van der Waals surface area contributed by atoms with Gasteiger partial charge in [0.1, 0.15) is 5.82 Å². The Morgan fingerprint density at radius 2 is 1.91 bits per heavy atom. The summed E-state index contributed by atoms with van der Waals surface area (Å²) in [5.74, 6) is 1.30. The lowest BCUT2D eigenvalue weighted by molar-refractivity contribution is -0.126. The Bertz CT molecular complexity index is 550. The zero-order chi connectivity index (χ0) is 16.2. The van der Waals surface area contributed by atoms with Gasteiger partial charge >= 0.3 is 0 Å². The molecule has 2 saturated heterocycles.